The minimum Gasteiger partial charge on any atom is -0.480 e. The third-order valence-electron chi connectivity index (χ3n) is 3.15. The summed E-state index contributed by atoms with van der Waals surface area (Å²) in [5, 5.41) is 12.6. The number of carboxylic acid groups (broad SMARTS) is 1. The van der Waals surface area contributed by atoms with Gasteiger partial charge in [0.05, 0.1) is 0 Å². The van der Waals surface area contributed by atoms with E-state index >= 15 is 0 Å². The molecule has 2 rings (SSSR count). The minimum absolute atomic E-state index is 0.0944. The highest BCUT2D eigenvalue weighted by molar-refractivity contribution is 5.82. The van der Waals surface area contributed by atoms with Crippen LogP contribution in [0.2, 0.25) is 0 Å². The van der Waals surface area contributed by atoms with E-state index in [0.717, 1.165) is 25.7 Å². The molecule has 0 bridgehead atoms. The van der Waals surface area contributed by atoms with Gasteiger partial charge < -0.3 is 14.5 Å². The normalized spacial score (nSPS) is 14.2. The Kier molecular flexibility index (Phi) is 4.70. The van der Waals surface area contributed by atoms with Crippen molar-refractivity contribution in [2.75, 3.05) is 6.54 Å². The van der Waals surface area contributed by atoms with E-state index < -0.39 is 5.97 Å². The first-order valence-corrected chi connectivity index (χ1v) is 6.93. The maximum atomic E-state index is 12.0. The first-order chi connectivity index (χ1) is 9.60. The zero-order valence-electron chi connectivity index (χ0n) is 11.5. The molecular weight excluding hydrogens is 262 g/mol. The molecule has 1 aliphatic carbocycles. The fraction of sp³-hybridized carbons (Fsp3) is 0.692. The Labute approximate surface area is 117 Å². The molecule has 0 saturated heterocycles. The molecule has 7 heteroatoms. The molecule has 1 heterocycles. The lowest BCUT2D eigenvalue weighted by Crippen LogP contribution is -2.37. The Morgan fingerprint density at radius 3 is 2.75 bits per heavy atom. The first-order valence-electron chi connectivity index (χ1n) is 6.93. The van der Waals surface area contributed by atoms with Gasteiger partial charge in [-0.05, 0) is 19.3 Å². The predicted octanol–water partition coefficient (Wildman–Crippen LogP) is 1.03. The van der Waals surface area contributed by atoms with Gasteiger partial charge >= 0.3 is 5.97 Å². The summed E-state index contributed by atoms with van der Waals surface area (Å²) in [5.74, 6) is -0.0502. The summed E-state index contributed by atoms with van der Waals surface area (Å²) in [5.41, 5.74) is 0. The molecule has 1 aromatic heterocycles. The quantitative estimate of drug-likeness (QED) is 0.764. The number of rotatable bonds is 8. The monoisotopic (exact) mass is 281 g/mol. The van der Waals surface area contributed by atoms with Crippen molar-refractivity contribution in [3.8, 4) is 0 Å². The topological polar surface area (TPSA) is 96.5 Å². The van der Waals surface area contributed by atoms with Crippen molar-refractivity contribution in [2.24, 2.45) is 0 Å². The minimum atomic E-state index is -0.978. The van der Waals surface area contributed by atoms with Crippen molar-refractivity contribution in [1.82, 2.24) is 15.0 Å². The maximum absolute atomic E-state index is 12.0. The van der Waals surface area contributed by atoms with Gasteiger partial charge in [-0.2, -0.15) is 4.98 Å². The molecule has 0 atom stereocenters. The molecule has 0 radical (unpaired) electrons. The van der Waals surface area contributed by atoms with Crippen molar-refractivity contribution < 1.29 is 19.2 Å². The second-order valence-corrected chi connectivity index (χ2v) is 5.00. The van der Waals surface area contributed by atoms with Crippen LogP contribution in [0.15, 0.2) is 4.52 Å². The highest BCUT2D eigenvalue weighted by Gasteiger charge is 2.33. The number of hydrogen-bond donors (Lipinski definition) is 1. The third kappa shape index (κ3) is 4.04. The predicted molar refractivity (Wildman–Crippen MR) is 69.0 cm³/mol. The summed E-state index contributed by atoms with van der Waals surface area (Å²) < 4.78 is 5.06. The van der Waals surface area contributed by atoms with Crippen LogP contribution < -0.4 is 0 Å². The number of carbonyl (C=O) groups is 2. The molecule has 1 fully saturated rings. The summed E-state index contributed by atoms with van der Waals surface area (Å²) >= 11 is 0. The van der Waals surface area contributed by atoms with Crippen molar-refractivity contribution in [2.45, 2.75) is 51.5 Å². The van der Waals surface area contributed by atoms with E-state index in [9.17, 15) is 9.59 Å². The summed E-state index contributed by atoms with van der Waals surface area (Å²) in [6.07, 6.45) is 4.03. The fourth-order valence-corrected chi connectivity index (χ4v) is 2.03. The average Bonchev–Trinajstić information content (AvgIpc) is 3.14. The van der Waals surface area contributed by atoms with E-state index in [2.05, 4.69) is 10.1 Å². The van der Waals surface area contributed by atoms with Gasteiger partial charge in [0.1, 0.15) is 6.54 Å². The summed E-state index contributed by atoms with van der Waals surface area (Å²) in [7, 11) is 0. The van der Waals surface area contributed by atoms with Gasteiger partial charge in [-0.3, -0.25) is 9.59 Å². The van der Waals surface area contributed by atoms with Crippen LogP contribution in [-0.2, 0) is 22.4 Å². The molecule has 1 N–H and O–H groups in total. The Hall–Kier alpha value is -1.92. The average molecular weight is 281 g/mol. The number of aliphatic carboxylic acids is 1. The molecule has 0 unspecified atom stereocenters. The van der Waals surface area contributed by atoms with Gasteiger partial charge in [-0.1, -0.05) is 12.1 Å². The number of carbonyl (C=O) groups excluding carboxylic acids is 1. The molecule has 1 amide bonds. The third-order valence-corrected chi connectivity index (χ3v) is 3.15. The molecule has 7 nitrogen and oxygen atoms in total. The molecule has 1 saturated carbocycles. The van der Waals surface area contributed by atoms with Crippen molar-refractivity contribution in [3.63, 3.8) is 0 Å². The largest absolute Gasteiger partial charge is 0.480 e. The van der Waals surface area contributed by atoms with Crippen molar-refractivity contribution >= 4 is 11.9 Å². The lowest BCUT2D eigenvalue weighted by Gasteiger charge is -2.19. The van der Waals surface area contributed by atoms with Gasteiger partial charge in [0.15, 0.2) is 5.82 Å². The number of hydrogen-bond acceptors (Lipinski definition) is 5. The van der Waals surface area contributed by atoms with E-state index in [0.29, 0.717) is 18.1 Å². The van der Waals surface area contributed by atoms with Crippen molar-refractivity contribution in [3.05, 3.63) is 11.7 Å². The molecule has 20 heavy (non-hydrogen) atoms. The molecule has 1 aromatic rings. The van der Waals surface area contributed by atoms with Gasteiger partial charge in [0.2, 0.25) is 11.8 Å². The number of aromatic nitrogens is 2. The summed E-state index contributed by atoms with van der Waals surface area (Å²) in [4.78, 5) is 28.4. The van der Waals surface area contributed by atoms with Crippen LogP contribution in [0.1, 0.15) is 44.3 Å². The van der Waals surface area contributed by atoms with Crippen LogP contribution in [0.3, 0.4) is 0 Å². The van der Waals surface area contributed by atoms with Crippen LogP contribution in [0.5, 0.6) is 0 Å². The second-order valence-electron chi connectivity index (χ2n) is 5.00. The Morgan fingerprint density at radius 1 is 1.40 bits per heavy atom. The highest BCUT2D eigenvalue weighted by atomic mass is 16.5. The Balaban J connectivity index is 1.84. The van der Waals surface area contributed by atoms with Gasteiger partial charge in [-0.15, -0.1) is 0 Å². The molecular formula is C13H19N3O4. The lowest BCUT2D eigenvalue weighted by molar-refractivity contribution is -0.144. The van der Waals surface area contributed by atoms with Crippen LogP contribution in [0.25, 0.3) is 0 Å². The van der Waals surface area contributed by atoms with E-state index in [4.69, 9.17) is 9.63 Å². The summed E-state index contributed by atoms with van der Waals surface area (Å²) in [6.45, 7) is 1.80. The number of carboxylic acids is 1. The van der Waals surface area contributed by atoms with E-state index in [1.54, 1.807) is 0 Å². The number of amides is 1. The van der Waals surface area contributed by atoms with E-state index in [-0.39, 0.29) is 24.9 Å². The first kappa shape index (κ1) is 14.5. The zero-order valence-corrected chi connectivity index (χ0v) is 11.5. The van der Waals surface area contributed by atoms with Crippen LogP contribution in [-0.4, -0.2) is 44.6 Å². The van der Waals surface area contributed by atoms with Crippen molar-refractivity contribution in [1.29, 1.82) is 0 Å². The SMILES string of the molecule is CCCc1noc(CCC(=O)N(CC(=O)O)C2CC2)n1. The highest BCUT2D eigenvalue weighted by Crippen LogP contribution is 2.27. The molecule has 110 valence electrons. The van der Waals surface area contributed by atoms with E-state index in [1.807, 2.05) is 6.92 Å². The van der Waals surface area contributed by atoms with Gasteiger partial charge in [0.25, 0.3) is 0 Å². The molecule has 1 aliphatic rings. The number of aryl methyl sites for hydroxylation is 2. The fourth-order valence-electron chi connectivity index (χ4n) is 2.03. The smallest absolute Gasteiger partial charge is 0.323 e. The molecule has 0 aliphatic heterocycles. The Bertz CT molecular complexity index is 482. The van der Waals surface area contributed by atoms with E-state index in [1.165, 1.54) is 4.90 Å². The van der Waals surface area contributed by atoms with Gasteiger partial charge in [0, 0.05) is 25.3 Å². The number of nitrogens with zero attached hydrogens (tertiary/aromatic N) is 3. The molecule has 0 aromatic carbocycles. The zero-order chi connectivity index (χ0) is 14.5. The van der Waals surface area contributed by atoms with Gasteiger partial charge in [-0.25, -0.2) is 0 Å². The van der Waals surface area contributed by atoms with Crippen LogP contribution in [0, 0.1) is 0 Å². The Morgan fingerprint density at radius 2 is 2.15 bits per heavy atom. The second kappa shape index (κ2) is 6.49. The standard InChI is InChI=1S/C13H19N3O4/c1-2-3-10-14-11(20-15-10)6-7-12(17)16(8-13(18)19)9-4-5-9/h9H,2-8H2,1H3,(H,18,19). The van der Waals surface area contributed by atoms with Crippen LogP contribution in [0.4, 0.5) is 0 Å². The maximum Gasteiger partial charge on any atom is 0.323 e. The van der Waals surface area contributed by atoms with Crippen LogP contribution >= 0.6 is 0 Å². The lowest BCUT2D eigenvalue weighted by atomic mass is 10.2. The summed E-state index contributed by atoms with van der Waals surface area (Å²) in [6, 6.07) is 0.0944. The molecule has 0 spiro atoms.